The third-order valence-corrected chi connectivity index (χ3v) is 4.66. The van der Waals surface area contributed by atoms with E-state index in [-0.39, 0.29) is 11.9 Å². The van der Waals surface area contributed by atoms with Gasteiger partial charge in [-0.05, 0) is 49.6 Å². The van der Waals surface area contributed by atoms with Crippen molar-refractivity contribution in [2.24, 2.45) is 0 Å². The molecule has 1 amide bonds. The van der Waals surface area contributed by atoms with Crippen molar-refractivity contribution in [1.29, 1.82) is 0 Å². The molecule has 0 saturated heterocycles. The molecule has 120 valence electrons. The molecule has 3 rings (SSSR count). The summed E-state index contributed by atoms with van der Waals surface area (Å²) in [6, 6.07) is 16.2. The van der Waals surface area contributed by atoms with Gasteiger partial charge in [-0.2, -0.15) is 0 Å². The Hall–Kier alpha value is -2.00. The highest BCUT2D eigenvalue weighted by Gasteiger charge is 2.27. The summed E-state index contributed by atoms with van der Waals surface area (Å²) in [4.78, 5) is 14.6. The Morgan fingerprint density at radius 1 is 1.26 bits per heavy atom. The summed E-state index contributed by atoms with van der Waals surface area (Å²) in [5.74, 6) is 0.0380. The second-order valence-electron chi connectivity index (χ2n) is 6.15. The number of hydrogen-bond acceptors (Lipinski definition) is 2. The summed E-state index contributed by atoms with van der Waals surface area (Å²) < 4.78 is 0. The average Bonchev–Trinajstić information content (AvgIpc) is 2.84. The largest absolute Gasteiger partial charge is 0.359 e. The number of fused-ring (bicyclic) bond motifs is 1. The van der Waals surface area contributed by atoms with Gasteiger partial charge in [0.2, 0.25) is 5.91 Å². The summed E-state index contributed by atoms with van der Waals surface area (Å²) >= 11 is 5.91. The molecule has 3 nitrogen and oxygen atoms in total. The van der Waals surface area contributed by atoms with E-state index in [1.807, 2.05) is 37.3 Å². The Bertz CT molecular complexity index is 699. The molecule has 1 aliphatic rings. The highest BCUT2D eigenvalue weighted by atomic mass is 35.5. The predicted molar refractivity (Wildman–Crippen MR) is 95.0 cm³/mol. The van der Waals surface area contributed by atoms with Crippen LogP contribution in [-0.4, -0.2) is 18.5 Å². The van der Waals surface area contributed by atoms with Crippen LogP contribution in [0.4, 0.5) is 5.69 Å². The third-order valence-electron chi connectivity index (χ3n) is 4.41. The molecule has 0 aliphatic carbocycles. The van der Waals surface area contributed by atoms with E-state index in [9.17, 15) is 4.79 Å². The van der Waals surface area contributed by atoms with Gasteiger partial charge in [0.05, 0.1) is 12.6 Å². The minimum Gasteiger partial charge on any atom is -0.359 e. The minimum absolute atomic E-state index is 0.0343. The molecule has 0 bridgehead atoms. The van der Waals surface area contributed by atoms with Crippen LogP contribution in [0.15, 0.2) is 48.5 Å². The second-order valence-corrected chi connectivity index (χ2v) is 6.59. The average molecular weight is 329 g/mol. The van der Waals surface area contributed by atoms with E-state index in [2.05, 4.69) is 35.3 Å². The van der Waals surface area contributed by atoms with Crippen LogP contribution in [0, 0.1) is 0 Å². The Morgan fingerprint density at radius 3 is 2.70 bits per heavy atom. The van der Waals surface area contributed by atoms with Gasteiger partial charge in [0.15, 0.2) is 0 Å². The van der Waals surface area contributed by atoms with Gasteiger partial charge in [-0.15, -0.1) is 0 Å². The van der Waals surface area contributed by atoms with Crippen LogP contribution in [0.5, 0.6) is 0 Å². The third kappa shape index (κ3) is 3.50. The molecule has 0 spiro atoms. The summed E-state index contributed by atoms with van der Waals surface area (Å²) in [6.45, 7) is 4.54. The first kappa shape index (κ1) is 15.9. The number of carbonyl (C=O) groups excluding carboxylic acids is 1. The Labute approximate surface area is 142 Å². The Kier molecular flexibility index (Phi) is 4.58. The number of hydrogen-bond donors (Lipinski definition) is 1. The van der Waals surface area contributed by atoms with Crippen LogP contribution >= 0.6 is 11.6 Å². The number of rotatable bonds is 4. The molecule has 4 heteroatoms. The number of benzene rings is 2. The smallest absolute Gasteiger partial charge is 0.240 e. The van der Waals surface area contributed by atoms with Gasteiger partial charge in [-0.25, -0.2) is 0 Å². The maximum absolute atomic E-state index is 12.4. The first-order valence-corrected chi connectivity index (χ1v) is 8.32. The van der Waals surface area contributed by atoms with Crippen molar-refractivity contribution in [2.75, 3.05) is 11.4 Å². The lowest BCUT2D eigenvalue weighted by atomic mass is 10.1. The van der Waals surface area contributed by atoms with E-state index in [1.54, 1.807) is 0 Å². The highest BCUT2D eigenvalue weighted by molar-refractivity contribution is 6.30. The quantitative estimate of drug-likeness (QED) is 0.921. The van der Waals surface area contributed by atoms with Crippen molar-refractivity contribution < 1.29 is 4.79 Å². The lowest BCUT2D eigenvalue weighted by Gasteiger charge is -2.25. The van der Waals surface area contributed by atoms with Crippen molar-refractivity contribution in [2.45, 2.75) is 32.4 Å². The van der Waals surface area contributed by atoms with Crippen molar-refractivity contribution >= 4 is 23.2 Å². The normalized spacial score (nSPS) is 17.7. The number of halogens is 1. The summed E-state index contributed by atoms with van der Waals surface area (Å²) in [6.07, 6.45) is 0.996. The van der Waals surface area contributed by atoms with Crippen molar-refractivity contribution in [3.8, 4) is 0 Å². The number of nitrogens with zero attached hydrogens (tertiary/aromatic N) is 1. The molecule has 23 heavy (non-hydrogen) atoms. The van der Waals surface area contributed by atoms with Gasteiger partial charge in [0.25, 0.3) is 0 Å². The van der Waals surface area contributed by atoms with Crippen molar-refractivity contribution in [1.82, 2.24) is 5.32 Å². The molecule has 2 aromatic carbocycles. The first-order valence-electron chi connectivity index (χ1n) is 7.94. The second kappa shape index (κ2) is 6.63. The molecule has 0 saturated carbocycles. The number of carbonyl (C=O) groups is 1. The van der Waals surface area contributed by atoms with Crippen LogP contribution < -0.4 is 10.2 Å². The van der Waals surface area contributed by atoms with Crippen LogP contribution in [0.2, 0.25) is 5.02 Å². The fourth-order valence-electron chi connectivity index (χ4n) is 3.15. The molecule has 0 unspecified atom stereocenters. The van der Waals surface area contributed by atoms with Crippen molar-refractivity contribution in [3.05, 3.63) is 64.7 Å². The molecule has 1 N–H and O–H groups in total. The standard InChI is InChI=1S/C19H21ClN2O/c1-13-11-16-5-3-4-6-18(16)22(13)12-19(23)21-14(2)15-7-9-17(20)10-8-15/h3-10,13-14H,11-12H2,1-2H3,(H,21,23)/t13-,14+/m0/s1. The molecular formula is C19H21ClN2O. The van der Waals surface area contributed by atoms with E-state index >= 15 is 0 Å². The van der Waals surface area contributed by atoms with Gasteiger partial charge in [0, 0.05) is 16.8 Å². The van der Waals surface area contributed by atoms with Crippen LogP contribution in [0.25, 0.3) is 0 Å². The molecule has 2 atom stereocenters. The van der Waals surface area contributed by atoms with Crippen LogP contribution in [-0.2, 0) is 11.2 Å². The summed E-state index contributed by atoms with van der Waals surface area (Å²) in [5, 5.41) is 3.77. The van der Waals surface area contributed by atoms with Crippen LogP contribution in [0.3, 0.4) is 0 Å². The van der Waals surface area contributed by atoms with Gasteiger partial charge in [-0.1, -0.05) is 41.9 Å². The number of nitrogens with one attached hydrogen (secondary N) is 1. The van der Waals surface area contributed by atoms with Crippen LogP contribution in [0.1, 0.15) is 31.0 Å². The molecule has 1 aliphatic heterocycles. The van der Waals surface area contributed by atoms with Gasteiger partial charge in [-0.3, -0.25) is 4.79 Å². The zero-order valence-electron chi connectivity index (χ0n) is 13.4. The molecule has 0 radical (unpaired) electrons. The maximum atomic E-state index is 12.4. The van der Waals surface area contributed by atoms with Gasteiger partial charge >= 0.3 is 0 Å². The zero-order valence-corrected chi connectivity index (χ0v) is 14.2. The first-order chi connectivity index (χ1) is 11.0. The van der Waals surface area contributed by atoms with E-state index in [0.717, 1.165) is 12.0 Å². The molecule has 2 aromatic rings. The topological polar surface area (TPSA) is 32.3 Å². The summed E-state index contributed by atoms with van der Waals surface area (Å²) in [7, 11) is 0. The summed E-state index contributed by atoms with van der Waals surface area (Å²) in [5.41, 5.74) is 3.55. The maximum Gasteiger partial charge on any atom is 0.240 e. The van der Waals surface area contributed by atoms with Gasteiger partial charge in [0.1, 0.15) is 0 Å². The van der Waals surface area contributed by atoms with E-state index < -0.39 is 0 Å². The Morgan fingerprint density at radius 2 is 1.96 bits per heavy atom. The van der Waals surface area contributed by atoms with E-state index in [0.29, 0.717) is 17.6 Å². The highest BCUT2D eigenvalue weighted by Crippen LogP contribution is 2.31. The number of para-hydroxylation sites is 1. The predicted octanol–water partition coefficient (Wildman–Crippen LogP) is 3.97. The Balaban J connectivity index is 1.64. The monoisotopic (exact) mass is 328 g/mol. The molecular weight excluding hydrogens is 308 g/mol. The molecule has 1 heterocycles. The molecule has 0 aromatic heterocycles. The lowest BCUT2D eigenvalue weighted by Crippen LogP contribution is -2.40. The van der Waals surface area contributed by atoms with Crippen molar-refractivity contribution in [3.63, 3.8) is 0 Å². The van der Waals surface area contributed by atoms with Gasteiger partial charge < -0.3 is 10.2 Å². The SMILES string of the molecule is C[C@@H](NC(=O)CN1c2ccccc2C[C@@H]1C)c1ccc(Cl)cc1. The fraction of sp³-hybridized carbons (Fsp3) is 0.316. The minimum atomic E-state index is -0.0343. The zero-order chi connectivity index (χ0) is 16.4. The number of anilines is 1. The lowest BCUT2D eigenvalue weighted by molar-refractivity contribution is -0.120. The van der Waals surface area contributed by atoms with E-state index in [1.165, 1.54) is 11.3 Å². The van der Waals surface area contributed by atoms with E-state index in [4.69, 9.17) is 11.6 Å². The number of amides is 1. The fourth-order valence-corrected chi connectivity index (χ4v) is 3.27. The molecule has 0 fully saturated rings.